The van der Waals surface area contributed by atoms with Crippen molar-refractivity contribution in [2.24, 2.45) is 0 Å². The molecule has 11 heavy (non-hydrogen) atoms. The van der Waals surface area contributed by atoms with Gasteiger partial charge >= 0.3 is 0 Å². The molecular formula is C9H15NO. The van der Waals surface area contributed by atoms with Gasteiger partial charge in [0.05, 0.1) is 18.2 Å². The summed E-state index contributed by atoms with van der Waals surface area (Å²) in [7, 11) is 0. The van der Waals surface area contributed by atoms with Gasteiger partial charge in [0.1, 0.15) is 5.76 Å². The summed E-state index contributed by atoms with van der Waals surface area (Å²) in [5, 5.41) is 8.67. The van der Waals surface area contributed by atoms with Crippen LogP contribution in [0.2, 0.25) is 0 Å². The highest BCUT2D eigenvalue weighted by Crippen LogP contribution is 2.10. The van der Waals surface area contributed by atoms with Crippen molar-refractivity contribution >= 4 is 0 Å². The fourth-order valence-electron chi connectivity index (χ4n) is 0.864. The topological polar surface area (TPSA) is 33.0 Å². The standard InChI is InChI=1S/C9H15NO/c1-4-6-9(7-10)8(3)11-5-2/h4-6H2,1-3H3/b9-8+. The van der Waals surface area contributed by atoms with E-state index in [0.717, 1.165) is 24.2 Å². The molecule has 0 aromatic heterocycles. The van der Waals surface area contributed by atoms with E-state index < -0.39 is 0 Å². The van der Waals surface area contributed by atoms with Crippen LogP contribution in [0.1, 0.15) is 33.6 Å². The van der Waals surface area contributed by atoms with Crippen molar-refractivity contribution in [3.8, 4) is 6.07 Å². The van der Waals surface area contributed by atoms with Crippen molar-refractivity contribution < 1.29 is 4.74 Å². The zero-order valence-corrected chi connectivity index (χ0v) is 7.48. The Morgan fingerprint density at radius 2 is 2.09 bits per heavy atom. The maximum atomic E-state index is 8.67. The molecule has 0 fully saturated rings. The Kier molecular flexibility index (Phi) is 5.28. The second-order valence-corrected chi connectivity index (χ2v) is 2.33. The molecule has 0 aliphatic rings. The summed E-state index contributed by atoms with van der Waals surface area (Å²) in [5.74, 6) is 0.775. The molecule has 0 heterocycles. The third-order valence-corrected chi connectivity index (χ3v) is 1.42. The van der Waals surface area contributed by atoms with Crippen LogP contribution < -0.4 is 0 Å². The fraction of sp³-hybridized carbons (Fsp3) is 0.667. The summed E-state index contributed by atoms with van der Waals surface area (Å²) < 4.78 is 5.20. The number of ether oxygens (including phenoxy) is 1. The number of hydrogen-bond acceptors (Lipinski definition) is 2. The van der Waals surface area contributed by atoms with Crippen LogP contribution in [0.3, 0.4) is 0 Å². The average Bonchev–Trinajstić information content (AvgIpc) is 2.00. The highest BCUT2D eigenvalue weighted by Gasteiger charge is 1.99. The first-order valence-corrected chi connectivity index (χ1v) is 3.98. The zero-order valence-electron chi connectivity index (χ0n) is 7.48. The van der Waals surface area contributed by atoms with Crippen LogP contribution in [-0.4, -0.2) is 6.61 Å². The second kappa shape index (κ2) is 5.79. The monoisotopic (exact) mass is 153 g/mol. The van der Waals surface area contributed by atoms with Gasteiger partial charge in [0.25, 0.3) is 0 Å². The van der Waals surface area contributed by atoms with Crippen LogP contribution in [-0.2, 0) is 4.74 Å². The third-order valence-electron chi connectivity index (χ3n) is 1.42. The lowest BCUT2D eigenvalue weighted by Gasteiger charge is -2.04. The van der Waals surface area contributed by atoms with Gasteiger partial charge in [-0.1, -0.05) is 13.3 Å². The first kappa shape index (κ1) is 10.0. The van der Waals surface area contributed by atoms with Crippen molar-refractivity contribution in [1.82, 2.24) is 0 Å². The minimum absolute atomic E-state index is 0.640. The summed E-state index contributed by atoms with van der Waals surface area (Å²) in [6.45, 7) is 6.46. The van der Waals surface area contributed by atoms with Gasteiger partial charge in [0, 0.05) is 0 Å². The normalized spacial score (nSPS) is 11.8. The highest BCUT2D eigenvalue weighted by atomic mass is 16.5. The molecule has 0 bridgehead atoms. The largest absolute Gasteiger partial charge is 0.497 e. The summed E-state index contributed by atoms with van der Waals surface area (Å²) in [5.41, 5.74) is 0.773. The van der Waals surface area contributed by atoms with Gasteiger partial charge in [-0.3, -0.25) is 0 Å². The van der Waals surface area contributed by atoms with Crippen molar-refractivity contribution in [2.75, 3.05) is 6.61 Å². The van der Waals surface area contributed by atoms with Gasteiger partial charge in [-0.05, 0) is 20.3 Å². The Morgan fingerprint density at radius 3 is 2.45 bits per heavy atom. The van der Waals surface area contributed by atoms with E-state index in [1.807, 2.05) is 13.8 Å². The molecule has 2 nitrogen and oxygen atoms in total. The zero-order chi connectivity index (χ0) is 8.69. The predicted octanol–water partition coefficient (Wildman–Crippen LogP) is 2.62. The number of hydrogen-bond donors (Lipinski definition) is 0. The summed E-state index contributed by atoms with van der Waals surface area (Å²) in [6, 6.07) is 2.14. The molecule has 0 aliphatic heterocycles. The number of allylic oxidation sites excluding steroid dienone is 2. The van der Waals surface area contributed by atoms with Gasteiger partial charge in [0.15, 0.2) is 0 Å². The van der Waals surface area contributed by atoms with E-state index in [2.05, 4.69) is 13.0 Å². The van der Waals surface area contributed by atoms with E-state index in [1.165, 1.54) is 0 Å². The Balaban J connectivity index is 4.18. The number of rotatable bonds is 4. The molecule has 0 amide bonds. The molecule has 0 aromatic rings. The van der Waals surface area contributed by atoms with Gasteiger partial charge < -0.3 is 4.74 Å². The van der Waals surface area contributed by atoms with Crippen LogP contribution in [0.15, 0.2) is 11.3 Å². The van der Waals surface area contributed by atoms with E-state index in [1.54, 1.807) is 0 Å². The molecular weight excluding hydrogens is 138 g/mol. The predicted molar refractivity (Wildman–Crippen MR) is 44.8 cm³/mol. The molecule has 62 valence electrons. The Hall–Kier alpha value is -0.970. The lowest BCUT2D eigenvalue weighted by atomic mass is 10.1. The number of nitriles is 1. The molecule has 0 saturated carbocycles. The SMILES string of the molecule is CCC/C(C#N)=C(/C)OCC. The van der Waals surface area contributed by atoms with Crippen molar-refractivity contribution in [1.29, 1.82) is 5.26 Å². The molecule has 0 unspecified atom stereocenters. The summed E-state index contributed by atoms with van der Waals surface area (Å²) in [4.78, 5) is 0. The molecule has 0 N–H and O–H groups in total. The molecule has 2 heteroatoms. The molecule has 0 rings (SSSR count). The van der Waals surface area contributed by atoms with Crippen molar-refractivity contribution in [2.45, 2.75) is 33.6 Å². The number of nitrogens with zero attached hydrogens (tertiary/aromatic N) is 1. The van der Waals surface area contributed by atoms with Gasteiger partial charge in [0.2, 0.25) is 0 Å². The van der Waals surface area contributed by atoms with Gasteiger partial charge in [-0.2, -0.15) is 5.26 Å². The Labute approximate surface area is 68.5 Å². The average molecular weight is 153 g/mol. The first-order valence-electron chi connectivity index (χ1n) is 3.98. The third kappa shape index (κ3) is 3.67. The highest BCUT2D eigenvalue weighted by molar-refractivity contribution is 5.23. The Bertz CT molecular complexity index is 176. The maximum absolute atomic E-state index is 8.67. The molecule has 0 aliphatic carbocycles. The van der Waals surface area contributed by atoms with E-state index in [-0.39, 0.29) is 0 Å². The molecule has 0 saturated heterocycles. The van der Waals surface area contributed by atoms with Crippen LogP contribution in [0, 0.1) is 11.3 Å². The smallest absolute Gasteiger partial charge is 0.106 e. The van der Waals surface area contributed by atoms with E-state index in [4.69, 9.17) is 10.00 Å². The molecule has 0 aromatic carbocycles. The van der Waals surface area contributed by atoms with Gasteiger partial charge in [-0.15, -0.1) is 0 Å². The van der Waals surface area contributed by atoms with Crippen LogP contribution >= 0.6 is 0 Å². The van der Waals surface area contributed by atoms with Crippen LogP contribution in [0.5, 0.6) is 0 Å². The van der Waals surface area contributed by atoms with E-state index in [0.29, 0.717) is 6.61 Å². The second-order valence-electron chi connectivity index (χ2n) is 2.33. The Morgan fingerprint density at radius 1 is 1.45 bits per heavy atom. The summed E-state index contributed by atoms with van der Waals surface area (Å²) in [6.07, 6.45) is 1.82. The molecule has 0 radical (unpaired) electrons. The molecule has 0 spiro atoms. The van der Waals surface area contributed by atoms with Crippen molar-refractivity contribution in [3.05, 3.63) is 11.3 Å². The van der Waals surface area contributed by atoms with E-state index in [9.17, 15) is 0 Å². The van der Waals surface area contributed by atoms with Crippen LogP contribution in [0.25, 0.3) is 0 Å². The lowest BCUT2D eigenvalue weighted by Crippen LogP contribution is -1.92. The van der Waals surface area contributed by atoms with E-state index >= 15 is 0 Å². The van der Waals surface area contributed by atoms with Crippen LogP contribution in [0.4, 0.5) is 0 Å². The first-order chi connectivity index (χ1) is 5.26. The minimum atomic E-state index is 0.640. The summed E-state index contributed by atoms with van der Waals surface area (Å²) >= 11 is 0. The lowest BCUT2D eigenvalue weighted by molar-refractivity contribution is 0.228. The van der Waals surface area contributed by atoms with Crippen molar-refractivity contribution in [3.63, 3.8) is 0 Å². The molecule has 0 atom stereocenters. The minimum Gasteiger partial charge on any atom is -0.497 e. The fourth-order valence-corrected chi connectivity index (χ4v) is 0.864. The quantitative estimate of drug-likeness (QED) is 0.459. The maximum Gasteiger partial charge on any atom is 0.106 e. The van der Waals surface area contributed by atoms with Gasteiger partial charge in [-0.25, -0.2) is 0 Å².